The second-order valence-electron chi connectivity index (χ2n) is 5.68. The Hall–Kier alpha value is -2.26. The molecule has 1 amide bonds. The predicted octanol–water partition coefficient (Wildman–Crippen LogP) is 0.385. The van der Waals surface area contributed by atoms with Crippen molar-refractivity contribution in [2.75, 3.05) is 32.4 Å². The first-order valence-electron chi connectivity index (χ1n) is 7.33. The van der Waals surface area contributed by atoms with E-state index in [2.05, 4.69) is 4.98 Å². The molecule has 0 atom stereocenters. The van der Waals surface area contributed by atoms with Crippen LogP contribution >= 0.6 is 0 Å². The molecule has 2 aromatic rings. The second-order valence-corrected chi connectivity index (χ2v) is 7.66. The third kappa shape index (κ3) is 3.04. The Labute approximate surface area is 137 Å². The number of piperazine rings is 1. The molecule has 0 bridgehead atoms. The molecule has 1 aliphatic rings. The molecule has 1 aromatic carbocycles. The number of aromatic amines is 1. The van der Waals surface area contributed by atoms with Crippen LogP contribution in [0.2, 0.25) is 0 Å². The number of carbonyl (C=O) groups is 1. The van der Waals surface area contributed by atoms with E-state index in [0.29, 0.717) is 5.52 Å². The van der Waals surface area contributed by atoms with Gasteiger partial charge in [-0.1, -0.05) is 0 Å². The van der Waals surface area contributed by atoms with Crippen LogP contribution in [0, 0.1) is 5.82 Å². The van der Waals surface area contributed by atoms with E-state index in [9.17, 15) is 22.4 Å². The smallest absolute Gasteiger partial charge is 0.259 e. The molecule has 0 unspecified atom stereocenters. The van der Waals surface area contributed by atoms with Gasteiger partial charge in [0.2, 0.25) is 15.5 Å². The number of halogens is 1. The summed E-state index contributed by atoms with van der Waals surface area (Å²) >= 11 is 0. The van der Waals surface area contributed by atoms with E-state index in [-0.39, 0.29) is 37.1 Å². The summed E-state index contributed by atoms with van der Waals surface area (Å²) in [7, 11) is -3.30. The van der Waals surface area contributed by atoms with E-state index in [1.54, 1.807) is 0 Å². The van der Waals surface area contributed by atoms with E-state index in [0.717, 1.165) is 12.3 Å². The van der Waals surface area contributed by atoms with Gasteiger partial charge < -0.3 is 9.88 Å². The number of hydrogen-bond acceptors (Lipinski definition) is 4. The zero-order chi connectivity index (χ0) is 17.5. The Morgan fingerprint density at radius 1 is 1.21 bits per heavy atom. The SMILES string of the molecule is CS(=O)(=O)N1CCN(C(=O)c2c[nH]c3ccc(F)cc3c2=O)CC1. The molecule has 0 aliphatic carbocycles. The summed E-state index contributed by atoms with van der Waals surface area (Å²) in [6.45, 7) is 0.772. The number of hydrogen-bond donors (Lipinski definition) is 1. The summed E-state index contributed by atoms with van der Waals surface area (Å²) in [6, 6.07) is 3.75. The molecule has 1 fully saturated rings. The van der Waals surface area contributed by atoms with Crippen LogP contribution in [-0.4, -0.2) is 60.9 Å². The van der Waals surface area contributed by atoms with Gasteiger partial charge in [0, 0.05) is 43.3 Å². The predicted molar refractivity (Wildman–Crippen MR) is 86.8 cm³/mol. The van der Waals surface area contributed by atoms with E-state index in [1.165, 1.54) is 27.5 Å². The average molecular weight is 353 g/mol. The highest BCUT2D eigenvalue weighted by Crippen LogP contribution is 2.13. The van der Waals surface area contributed by atoms with Gasteiger partial charge in [-0.15, -0.1) is 0 Å². The van der Waals surface area contributed by atoms with Gasteiger partial charge in [0.05, 0.1) is 6.26 Å². The Kier molecular flexibility index (Phi) is 4.14. The van der Waals surface area contributed by atoms with Crippen LogP contribution in [0.1, 0.15) is 10.4 Å². The standard InChI is InChI=1S/C15H16FN3O4S/c1-24(22,23)19-6-4-18(5-7-19)15(21)12-9-17-13-3-2-10(16)8-11(13)14(12)20/h2-3,8-9H,4-7H2,1H3,(H,17,20). The van der Waals surface area contributed by atoms with Gasteiger partial charge >= 0.3 is 0 Å². The largest absolute Gasteiger partial charge is 0.360 e. The number of benzene rings is 1. The number of sulfonamides is 1. The number of aromatic nitrogens is 1. The highest BCUT2D eigenvalue weighted by molar-refractivity contribution is 7.88. The van der Waals surface area contributed by atoms with E-state index >= 15 is 0 Å². The lowest BCUT2D eigenvalue weighted by Crippen LogP contribution is -2.50. The number of nitrogens with zero attached hydrogens (tertiary/aromatic N) is 2. The van der Waals surface area contributed by atoms with Crippen LogP contribution < -0.4 is 5.43 Å². The molecule has 9 heteroatoms. The minimum Gasteiger partial charge on any atom is -0.360 e. The van der Waals surface area contributed by atoms with Crippen LogP contribution in [0.25, 0.3) is 10.9 Å². The number of carbonyl (C=O) groups excluding carboxylic acids is 1. The molecule has 3 rings (SSSR count). The fraction of sp³-hybridized carbons (Fsp3) is 0.333. The maximum atomic E-state index is 13.3. The minimum atomic E-state index is -3.30. The second kappa shape index (κ2) is 5.99. The number of fused-ring (bicyclic) bond motifs is 1. The number of nitrogens with one attached hydrogen (secondary N) is 1. The van der Waals surface area contributed by atoms with Crippen molar-refractivity contribution in [1.29, 1.82) is 0 Å². The molecule has 7 nitrogen and oxygen atoms in total. The lowest BCUT2D eigenvalue weighted by molar-refractivity contribution is 0.0697. The Morgan fingerprint density at radius 2 is 1.88 bits per heavy atom. The zero-order valence-electron chi connectivity index (χ0n) is 13.0. The molecular formula is C15H16FN3O4S. The molecule has 0 radical (unpaired) electrons. The molecule has 1 aromatic heterocycles. The van der Waals surface area contributed by atoms with Crippen LogP contribution in [0.5, 0.6) is 0 Å². The third-order valence-electron chi connectivity index (χ3n) is 4.07. The van der Waals surface area contributed by atoms with Crippen molar-refractivity contribution in [1.82, 2.24) is 14.2 Å². The van der Waals surface area contributed by atoms with Crippen molar-refractivity contribution in [3.63, 3.8) is 0 Å². The fourth-order valence-electron chi connectivity index (χ4n) is 2.74. The topological polar surface area (TPSA) is 90.6 Å². The molecule has 0 spiro atoms. The maximum Gasteiger partial charge on any atom is 0.259 e. The van der Waals surface area contributed by atoms with Crippen molar-refractivity contribution in [3.05, 3.63) is 46.0 Å². The van der Waals surface area contributed by atoms with Crippen LogP contribution in [0.15, 0.2) is 29.2 Å². The number of pyridine rings is 1. The Morgan fingerprint density at radius 3 is 2.50 bits per heavy atom. The first-order chi connectivity index (χ1) is 11.3. The first-order valence-corrected chi connectivity index (χ1v) is 9.17. The Balaban J connectivity index is 1.88. The van der Waals surface area contributed by atoms with E-state index < -0.39 is 27.2 Å². The van der Waals surface area contributed by atoms with Gasteiger partial charge in [0.15, 0.2) is 0 Å². The van der Waals surface area contributed by atoms with Crippen LogP contribution in [0.3, 0.4) is 0 Å². The summed E-state index contributed by atoms with van der Waals surface area (Å²) in [5, 5.41) is 0.107. The first kappa shape index (κ1) is 16.6. The van der Waals surface area contributed by atoms with Crippen LogP contribution in [0.4, 0.5) is 4.39 Å². The average Bonchev–Trinajstić information content (AvgIpc) is 2.54. The summed E-state index contributed by atoms with van der Waals surface area (Å²) in [6.07, 6.45) is 2.43. The van der Waals surface area contributed by atoms with Crippen molar-refractivity contribution < 1.29 is 17.6 Å². The quantitative estimate of drug-likeness (QED) is 0.845. The molecule has 1 aliphatic heterocycles. The summed E-state index contributed by atoms with van der Waals surface area (Å²) in [5.74, 6) is -1.05. The molecular weight excluding hydrogens is 337 g/mol. The minimum absolute atomic E-state index is 0.0825. The van der Waals surface area contributed by atoms with Gasteiger partial charge in [-0.05, 0) is 18.2 Å². The molecule has 1 saturated heterocycles. The summed E-state index contributed by atoms with van der Waals surface area (Å²) in [5.41, 5.74) is -0.181. The fourth-order valence-corrected chi connectivity index (χ4v) is 3.57. The lowest BCUT2D eigenvalue weighted by Gasteiger charge is -2.33. The highest BCUT2D eigenvalue weighted by atomic mass is 32.2. The van der Waals surface area contributed by atoms with Gasteiger partial charge in [-0.2, -0.15) is 4.31 Å². The molecule has 24 heavy (non-hydrogen) atoms. The van der Waals surface area contributed by atoms with Crippen molar-refractivity contribution in [3.8, 4) is 0 Å². The van der Waals surface area contributed by atoms with Crippen LogP contribution in [-0.2, 0) is 10.0 Å². The molecule has 2 heterocycles. The zero-order valence-corrected chi connectivity index (χ0v) is 13.8. The van der Waals surface area contributed by atoms with Crippen molar-refractivity contribution >= 4 is 26.8 Å². The Bertz CT molecular complexity index is 962. The normalized spacial score (nSPS) is 16.5. The number of H-pyrrole nitrogens is 1. The third-order valence-corrected chi connectivity index (χ3v) is 5.37. The van der Waals surface area contributed by atoms with Gasteiger partial charge in [0.25, 0.3) is 5.91 Å². The summed E-state index contributed by atoms with van der Waals surface area (Å²) < 4.78 is 37.6. The van der Waals surface area contributed by atoms with Gasteiger partial charge in [-0.25, -0.2) is 12.8 Å². The molecule has 0 saturated carbocycles. The number of rotatable bonds is 2. The van der Waals surface area contributed by atoms with Crippen molar-refractivity contribution in [2.45, 2.75) is 0 Å². The van der Waals surface area contributed by atoms with Gasteiger partial charge in [0.1, 0.15) is 11.4 Å². The van der Waals surface area contributed by atoms with E-state index in [1.807, 2.05) is 0 Å². The van der Waals surface area contributed by atoms with Gasteiger partial charge in [-0.3, -0.25) is 9.59 Å². The maximum absolute atomic E-state index is 13.3. The number of amides is 1. The van der Waals surface area contributed by atoms with E-state index in [4.69, 9.17) is 0 Å². The highest BCUT2D eigenvalue weighted by Gasteiger charge is 2.27. The molecule has 128 valence electrons. The molecule has 1 N–H and O–H groups in total. The monoisotopic (exact) mass is 353 g/mol. The lowest BCUT2D eigenvalue weighted by atomic mass is 10.1. The summed E-state index contributed by atoms with van der Waals surface area (Å²) in [4.78, 5) is 29.2. The van der Waals surface area contributed by atoms with Crippen molar-refractivity contribution in [2.24, 2.45) is 0 Å².